The number of aromatic amines is 2. The second kappa shape index (κ2) is 10.7. The lowest BCUT2D eigenvalue weighted by molar-refractivity contribution is -0.126. The molecular weight excluding hydrogens is 524 g/mol. The van der Waals surface area contributed by atoms with Crippen LogP contribution in [0.5, 0.6) is 5.75 Å². The van der Waals surface area contributed by atoms with Gasteiger partial charge in [0.1, 0.15) is 11.6 Å². The molecule has 2 aromatic carbocycles. The van der Waals surface area contributed by atoms with Crippen molar-refractivity contribution in [1.82, 2.24) is 35.4 Å². The Morgan fingerprint density at radius 3 is 2.63 bits per heavy atom. The lowest BCUT2D eigenvalue weighted by Crippen LogP contribution is -2.50. The number of methoxy groups -OCH3 is 1. The number of ether oxygens (including phenoxy) is 1. The molecular formula is C29H28N8O4. The number of nitrogens with zero attached hydrogens (tertiary/aromatic N) is 5. The molecule has 3 N–H and O–H groups in total. The standard InChI is InChI=1S/C29H28N8O4/c1-30-23(38)15-22-33-27(35-34-22)19-7-8-21(41-2)24-20(16-32-25(19)24)26(39)29(40)37-13-11-36(12-14-37)28-18-6-4-3-5-17(18)9-10-31-28/h3-10,16,32H,11-15H2,1-2H3,(H,30,38)(H,33,34,35). The fourth-order valence-corrected chi connectivity index (χ4v) is 5.23. The van der Waals surface area contributed by atoms with Crippen molar-refractivity contribution in [2.45, 2.75) is 6.42 Å². The molecule has 6 rings (SSSR count). The van der Waals surface area contributed by atoms with E-state index in [4.69, 9.17) is 4.74 Å². The summed E-state index contributed by atoms with van der Waals surface area (Å²) in [7, 11) is 3.05. The minimum absolute atomic E-state index is 0.0269. The van der Waals surface area contributed by atoms with E-state index >= 15 is 0 Å². The SMILES string of the molecule is CNC(=O)Cc1n[nH]c(-c2ccc(OC)c3c(C(=O)C(=O)N4CCN(c5nccc6ccccc56)CC4)c[nH]c23)n1. The summed E-state index contributed by atoms with van der Waals surface area (Å²) in [5, 5.41) is 12.2. The predicted octanol–water partition coefficient (Wildman–Crippen LogP) is 2.33. The number of anilines is 1. The third-order valence-electron chi connectivity index (χ3n) is 7.36. The van der Waals surface area contributed by atoms with Crippen LogP contribution in [-0.2, 0) is 16.0 Å². The van der Waals surface area contributed by atoms with Crippen molar-refractivity contribution in [3.63, 3.8) is 0 Å². The van der Waals surface area contributed by atoms with E-state index in [1.54, 1.807) is 30.3 Å². The number of nitrogens with one attached hydrogen (secondary N) is 3. The predicted molar refractivity (Wildman–Crippen MR) is 153 cm³/mol. The van der Waals surface area contributed by atoms with Crippen molar-refractivity contribution in [1.29, 1.82) is 0 Å². The number of benzene rings is 2. The van der Waals surface area contributed by atoms with Gasteiger partial charge in [0.05, 0.1) is 30.0 Å². The number of H-pyrrole nitrogens is 2. The number of hydrogen-bond acceptors (Lipinski definition) is 8. The van der Waals surface area contributed by atoms with Gasteiger partial charge in [-0.3, -0.25) is 19.5 Å². The average Bonchev–Trinajstić information content (AvgIpc) is 3.67. The van der Waals surface area contributed by atoms with E-state index < -0.39 is 11.7 Å². The van der Waals surface area contributed by atoms with E-state index in [9.17, 15) is 14.4 Å². The first-order valence-electron chi connectivity index (χ1n) is 13.2. The topological polar surface area (TPSA) is 149 Å². The second-order valence-corrected chi connectivity index (χ2v) is 9.68. The summed E-state index contributed by atoms with van der Waals surface area (Å²) >= 11 is 0. The second-order valence-electron chi connectivity index (χ2n) is 9.68. The molecule has 4 heterocycles. The van der Waals surface area contributed by atoms with Gasteiger partial charge in [-0.05, 0) is 23.6 Å². The van der Waals surface area contributed by atoms with Crippen molar-refractivity contribution in [2.24, 2.45) is 0 Å². The summed E-state index contributed by atoms with van der Waals surface area (Å²) in [6, 6.07) is 13.5. The van der Waals surface area contributed by atoms with Gasteiger partial charge in [0.25, 0.3) is 11.7 Å². The molecule has 5 aromatic rings. The maximum absolute atomic E-state index is 13.5. The molecule has 1 aliphatic rings. The molecule has 0 atom stereocenters. The van der Waals surface area contributed by atoms with Gasteiger partial charge in [0.15, 0.2) is 11.6 Å². The highest BCUT2D eigenvalue weighted by atomic mass is 16.5. The van der Waals surface area contributed by atoms with Crippen LogP contribution in [0.15, 0.2) is 54.9 Å². The van der Waals surface area contributed by atoms with Crippen LogP contribution in [0.1, 0.15) is 16.2 Å². The zero-order valence-electron chi connectivity index (χ0n) is 22.6. The summed E-state index contributed by atoms with van der Waals surface area (Å²) in [4.78, 5) is 54.6. The van der Waals surface area contributed by atoms with Crippen molar-refractivity contribution < 1.29 is 19.1 Å². The molecule has 3 aromatic heterocycles. The van der Waals surface area contributed by atoms with Gasteiger partial charge < -0.3 is 24.8 Å². The summed E-state index contributed by atoms with van der Waals surface area (Å²) in [5.41, 5.74) is 1.40. The Labute approximate surface area is 234 Å². The molecule has 1 aliphatic heterocycles. The van der Waals surface area contributed by atoms with E-state index in [2.05, 4.69) is 35.4 Å². The van der Waals surface area contributed by atoms with Crippen LogP contribution in [0.3, 0.4) is 0 Å². The van der Waals surface area contributed by atoms with E-state index in [-0.39, 0.29) is 17.9 Å². The summed E-state index contributed by atoms with van der Waals surface area (Å²) in [6.07, 6.45) is 3.34. The highest BCUT2D eigenvalue weighted by Crippen LogP contribution is 2.35. The van der Waals surface area contributed by atoms with Gasteiger partial charge in [-0.25, -0.2) is 9.97 Å². The molecule has 0 radical (unpaired) electrons. The molecule has 1 saturated heterocycles. The maximum Gasteiger partial charge on any atom is 0.295 e. The van der Waals surface area contributed by atoms with Crippen molar-refractivity contribution in [3.8, 4) is 17.1 Å². The van der Waals surface area contributed by atoms with E-state index in [0.29, 0.717) is 60.0 Å². The van der Waals surface area contributed by atoms with Crippen LogP contribution in [0, 0.1) is 0 Å². The zero-order chi connectivity index (χ0) is 28.5. The summed E-state index contributed by atoms with van der Waals surface area (Å²) < 4.78 is 5.55. The lowest BCUT2D eigenvalue weighted by atomic mass is 10.0. The van der Waals surface area contributed by atoms with Gasteiger partial charge in [0, 0.05) is 56.6 Å². The van der Waals surface area contributed by atoms with Crippen LogP contribution in [-0.4, -0.2) is 88.0 Å². The largest absolute Gasteiger partial charge is 0.496 e. The molecule has 1 fully saturated rings. The molecule has 0 bridgehead atoms. The molecule has 208 valence electrons. The number of carbonyl (C=O) groups excluding carboxylic acids is 3. The maximum atomic E-state index is 13.5. The Kier molecular flexibility index (Phi) is 6.79. The summed E-state index contributed by atoms with van der Waals surface area (Å²) in [6.45, 7) is 1.91. The van der Waals surface area contributed by atoms with Gasteiger partial charge in [-0.15, -0.1) is 0 Å². The fraction of sp³-hybridized carbons (Fsp3) is 0.241. The monoisotopic (exact) mass is 552 g/mol. The minimum atomic E-state index is -0.624. The minimum Gasteiger partial charge on any atom is -0.496 e. The van der Waals surface area contributed by atoms with Gasteiger partial charge in [-0.2, -0.15) is 5.10 Å². The third-order valence-corrected chi connectivity index (χ3v) is 7.36. The number of aromatic nitrogens is 5. The fourth-order valence-electron chi connectivity index (χ4n) is 5.23. The highest BCUT2D eigenvalue weighted by molar-refractivity contribution is 6.45. The van der Waals surface area contributed by atoms with Crippen molar-refractivity contribution in [2.75, 3.05) is 45.2 Å². The number of amides is 2. The van der Waals surface area contributed by atoms with Gasteiger partial charge in [-0.1, -0.05) is 24.3 Å². The number of likely N-dealkylation sites (N-methyl/N-ethyl adjacent to an activating group) is 1. The van der Waals surface area contributed by atoms with Crippen molar-refractivity contribution >= 4 is 45.1 Å². The van der Waals surface area contributed by atoms with Gasteiger partial charge in [0.2, 0.25) is 5.91 Å². The molecule has 0 saturated carbocycles. The van der Waals surface area contributed by atoms with E-state index in [1.165, 1.54) is 13.3 Å². The van der Waals surface area contributed by atoms with Crippen molar-refractivity contribution in [3.05, 3.63) is 66.2 Å². The number of Topliss-reactive ketones (excluding diaryl/α,β-unsaturated/α-hetero) is 1. The molecule has 2 amide bonds. The Bertz CT molecular complexity index is 1780. The van der Waals surface area contributed by atoms with E-state index in [1.807, 2.05) is 30.3 Å². The smallest absolute Gasteiger partial charge is 0.295 e. The van der Waals surface area contributed by atoms with Crippen LogP contribution < -0.4 is 15.0 Å². The number of rotatable bonds is 7. The third kappa shape index (κ3) is 4.73. The molecule has 12 nitrogen and oxygen atoms in total. The number of pyridine rings is 1. The lowest BCUT2D eigenvalue weighted by Gasteiger charge is -2.35. The quantitative estimate of drug-likeness (QED) is 0.206. The van der Waals surface area contributed by atoms with Gasteiger partial charge >= 0.3 is 0 Å². The first-order chi connectivity index (χ1) is 20.0. The molecule has 41 heavy (non-hydrogen) atoms. The van der Waals surface area contributed by atoms with Crippen LogP contribution in [0.2, 0.25) is 0 Å². The number of ketones is 1. The number of piperazine rings is 1. The highest BCUT2D eigenvalue weighted by Gasteiger charge is 2.30. The Morgan fingerprint density at radius 1 is 1.05 bits per heavy atom. The molecule has 12 heteroatoms. The van der Waals surface area contributed by atoms with Crippen LogP contribution >= 0.6 is 0 Å². The number of fused-ring (bicyclic) bond motifs is 2. The Hall–Kier alpha value is -5.26. The molecule has 0 spiro atoms. The Morgan fingerprint density at radius 2 is 1.85 bits per heavy atom. The molecule has 0 aliphatic carbocycles. The first-order valence-corrected chi connectivity index (χ1v) is 13.2. The van der Waals surface area contributed by atoms with Crippen LogP contribution in [0.25, 0.3) is 33.1 Å². The molecule has 0 unspecified atom stereocenters. The average molecular weight is 553 g/mol. The zero-order valence-corrected chi connectivity index (χ0v) is 22.6. The van der Waals surface area contributed by atoms with Crippen LogP contribution in [0.4, 0.5) is 5.82 Å². The van der Waals surface area contributed by atoms with E-state index in [0.717, 1.165) is 16.6 Å². The first kappa shape index (κ1) is 26.0. The number of hydrogen-bond donors (Lipinski definition) is 3. The number of carbonyl (C=O) groups is 3. The summed E-state index contributed by atoms with van der Waals surface area (Å²) in [5.74, 6) is 0.661. The normalized spacial score (nSPS) is 13.5. The Balaban J connectivity index is 1.23.